The molecule has 1 amide bonds. The predicted octanol–water partition coefficient (Wildman–Crippen LogP) is 3.17. The molecule has 2 N–H and O–H groups in total. The Hall–Kier alpha value is -1.50. The largest absolute Gasteiger partial charge is 0.467 e. The average Bonchev–Trinajstić information content (AvgIpc) is 2.58. The molecule has 0 bridgehead atoms. The molecule has 5 nitrogen and oxygen atoms in total. The zero-order valence-electron chi connectivity index (χ0n) is 14.1. The summed E-state index contributed by atoms with van der Waals surface area (Å²) in [6, 6.07) is 8.78. The van der Waals surface area contributed by atoms with Crippen LogP contribution >= 0.6 is 34.8 Å². The fourth-order valence-electron chi connectivity index (χ4n) is 2.85. The van der Waals surface area contributed by atoms with Crippen LogP contribution in [0.25, 0.3) is 0 Å². The van der Waals surface area contributed by atoms with Gasteiger partial charge in [-0.3, -0.25) is 4.79 Å². The molecule has 1 atom stereocenters. The molecule has 1 aliphatic heterocycles. The lowest BCUT2D eigenvalue weighted by Crippen LogP contribution is -3.08. The number of hydrogen-bond acceptors (Lipinski definition) is 3. The Kier molecular flexibility index (Phi) is 6.27. The van der Waals surface area contributed by atoms with E-state index in [1.165, 1.54) is 0 Å². The first-order chi connectivity index (χ1) is 12.4. The molecule has 8 heteroatoms. The van der Waals surface area contributed by atoms with Gasteiger partial charge in [0.25, 0.3) is 5.91 Å². The molecule has 0 aliphatic carbocycles. The lowest BCUT2D eigenvalue weighted by Gasteiger charge is -2.22. The van der Waals surface area contributed by atoms with Crippen LogP contribution in [0.15, 0.2) is 30.3 Å². The number of benzene rings is 2. The molecular formula is C18H18Cl3N2O3+. The molecule has 26 heavy (non-hydrogen) atoms. The number of hydrogen-bond donors (Lipinski definition) is 2. The predicted molar refractivity (Wildman–Crippen MR) is 102 cm³/mol. The second-order valence-corrected chi connectivity index (χ2v) is 7.37. The summed E-state index contributed by atoms with van der Waals surface area (Å²) < 4.78 is 10.9. The first-order valence-corrected chi connectivity index (χ1v) is 9.14. The third kappa shape index (κ3) is 4.61. The van der Waals surface area contributed by atoms with Gasteiger partial charge in [0.1, 0.15) is 12.3 Å². The highest BCUT2D eigenvalue weighted by Crippen LogP contribution is 2.31. The van der Waals surface area contributed by atoms with Crippen LogP contribution in [0.5, 0.6) is 5.75 Å². The maximum absolute atomic E-state index is 12.3. The first-order valence-electron chi connectivity index (χ1n) is 8.01. The van der Waals surface area contributed by atoms with Crippen molar-refractivity contribution in [1.29, 1.82) is 0 Å². The van der Waals surface area contributed by atoms with Crippen molar-refractivity contribution >= 4 is 46.4 Å². The maximum Gasteiger partial charge on any atom is 0.279 e. The van der Waals surface area contributed by atoms with E-state index in [0.29, 0.717) is 33.9 Å². The van der Waals surface area contributed by atoms with Gasteiger partial charge in [0.2, 0.25) is 0 Å². The molecule has 0 aromatic heterocycles. The molecule has 1 aliphatic rings. The van der Waals surface area contributed by atoms with Crippen molar-refractivity contribution in [2.45, 2.75) is 13.2 Å². The number of quaternary nitrogens is 1. The van der Waals surface area contributed by atoms with E-state index in [1.807, 2.05) is 19.2 Å². The quantitative estimate of drug-likeness (QED) is 0.787. The number of fused-ring (bicyclic) bond motifs is 1. The minimum atomic E-state index is -0.183. The van der Waals surface area contributed by atoms with Crippen LogP contribution in [0.1, 0.15) is 11.1 Å². The van der Waals surface area contributed by atoms with E-state index in [1.54, 1.807) is 18.2 Å². The minimum absolute atomic E-state index is 0.183. The number of para-hydroxylation sites is 1. The standard InChI is InChI=1S/C18H17Cl3N2O3/c1-23(8-16(24)22-17-14(20)3-2-4-15(17)21)7-11-5-13(19)6-12-9-25-10-26-18(11)12/h2-6H,7-10H2,1H3,(H,22,24)/p+1. The number of anilines is 1. The Morgan fingerprint density at radius 1 is 1.23 bits per heavy atom. The van der Waals surface area contributed by atoms with Crippen LogP contribution in [0.4, 0.5) is 5.69 Å². The monoisotopic (exact) mass is 415 g/mol. The number of ether oxygens (including phenoxy) is 2. The summed E-state index contributed by atoms with van der Waals surface area (Å²) in [4.78, 5) is 13.3. The van der Waals surface area contributed by atoms with Gasteiger partial charge < -0.3 is 19.7 Å². The summed E-state index contributed by atoms with van der Waals surface area (Å²) in [5, 5.41) is 4.19. The molecule has 138 valence electrons. The molecule has 0 fully saturated rings. The van der Waals surface area contributed by atoms with Crippen molar-refractivity contribution in [2.24, 2.45) is 0 Å². The van der Waals surface area contributed by atoms with Gasteiger partial charge in [0.15, 0.2) is 13.3 Å². The summed E-state index contributed by atoms with van der Waals surface area (Å²) in [5.41, 5.74) is 2.28. The van der Waals surface area contributed by atoms with Crippen molar-refractivity contribution < 1.29 is 19.2 Å². The molecule has 2 aromatic carbocycles. The smallest absolute Gasteiger partial charge is 0.279 e. The van der Waals surface area contributed by atoms with Gasteiger partial charge in [-0.1, -0.05) is 40.9 Å². The lowest BCUT2D eigenvalue weighted by molar-refractivity contribution is -0.885. The maximum atomic E-state index is 12.3. The zero-order chi connectivity index (χ0) is 18.7. The van der Waals surface area contributed by atoms with Crippen molar-refractivity contribution in [3.05, 3.63) is 56.5 Å². The van der Waals surface area contributed by atoms with Gasteiger partial charge in [-0.15, -0.1) is 0 Å². The number of nitrogens with one attached hydrogen (secondary N) is 2. The fourth-order valence-corrected chi connectivity index (χ4v) is 3.61. The third-order valence-corrected chi connectivity index (χ3v) is 4.78. The van der Waals surface area contributed by atoms with Crippen LogP contribution in [-0.4, -0.2) is 26.3 Å². The summed E-state index contributed by atoms with van der Waals surface area (Å²) in [6.07, 6.45) is 0. The summed E-state index contributed by atoms with van der Waals surface area (Å²) in [6.45, 7) is 1.49. The second-order valence-electron chi connectivity index (χ2n) is 6.12. The van der Waals surface area contributed by atoms with Gasteiger partial charge >= 0.3 is 0 Å². The van der Waals surface area contributed by atoms with Crippen molar-refractivity contribution in [1.82, 2.24) is 0 Å². The van der Waals surface area contributed by atoms with Crippen molar-refractivity contribution in [3.8, 4) is 5.75 Å². The molecule has 0 radical (unpaired) electrons. The lowest BCUT2D eigenvalue weighted by atomic mass is 10.1. The van der Waals surface area contributed by atoms with Gasteiger partial charge in [-0.05, 0) is 24.3 Å². The van der Waals surface area contributed by atoms with Crippen LogP contribution in [0, 0.1) is 0 Å². The van der Waals surface area contributed by atoms with E-state index in [0.717, 1.165) is 21.8 Å². The Labute approximate surface area is 166 Å². The number of halogens is 3. The molecule has 2 aromatic rings. The van der Waals surface area contributed by atoms with E-state index in [2.05, 4.69) is 5.32 Å². The van der Waals surface area contributed by atoms with Gasteiger partial charge in [0.05, 0.1) is 35.0 Å². The van der Waals surface area contributed by atoms with Crippen molar-refractivity contribution in [2.75, 3.05) is 25.7 Å². The highest BCUT2D eigenvalue weighted by Gasteiger charge is 2.20. The summed E-state index contributed by atoms with van der Waals surface area (Å²) in [5.74, 6) is 0.604. The average molecular weight is 417 g/mol. The van der Waals surface area contributed by atoms with E-state index in [4.69, 9.17) is 44.3 Å². The number of carbonyl (C=O) groups is 1. The second kappa shape index (κ2) is 8.46. The van der Waals surface area contributed by atoms with Gasteiger partial charge in [-0.2, -0.15) is 0 Å². The normalized spacial score (nSPS) is 14.3. The molecule has 0 saturated heterocycles. The van der Waals surface area contributed by atoms with Crippen LogP contribution in [0.3, 0.4) is 0 Å². The molecule has 1 heterocycles. The van der Waals surface area contributed by atoms with E-state index >= 15 is 0 Å². The number of rotatable bonds is 5. The van der Waals surface area contributed by atoms with Crippen molar-refractivity contribution in [3.63, 3.8) is 0 Å². The molecule has 0 saturated carbocycles. The van der Waals surface area contributed by atoms with Gasteiger partial charge in [-0.25, -0.2) is 0 Å². The Morgan fingerprint density at radius 2 is 1.96 bits per heavy atom. The minimum Gasteiger partial charge on any atom is -0.467 e. The highest BCUT2D eigenvalue weighted by atomic mass is 35.5. The van der Waals surface area contributed by atoms with E-state index < -0.39 is 0 Å². The number of amides is 1. The Balaban J connectivity index is 1.67. The summed E-state index contributed by atoms with van der Waals surface area (Å²) >= 11 is 18.4. The van der Waals surface area contributed by atoms with E-state index in [9.17, 15) is 4.79 Å². The molecule has 3 rings (SSSR count). The molecule has 1 unspecified atom stereocenters. The van der Waals surface area contributed by atoms with Crippen LogP contribution in [-0.2, 0) is 22.7 Å². The topological polar surface area (TPSA) is 52.0 Å². The van der Waals surface area contributed by atoms with Crippen LogP contribution < -0.4 is 15.0 Å². The van der Waals surface area contributed by atoms with E-state index in [-0.39, 0.29) is 19.2 Å². The zero-order valence-corrected chi connectivity index (χ0v) is 16.3. The first kappa shape index (κ1) is 19.3. The summed E-state index contributed by atoms with van der Waals surface area (Å²) in [7, 11) is 1.92. The molecule has 0 spiro atoms. The SMILES string of the molecule is C[NH+](CC(=O)Nc1c(Cl)cccc1Cl)Cc1cc(Cl)cc2c1OCOC2. The molecular weight excluding hydrogens is 399 g/mol. The van der Waals surface area contributed by atoms with Gasteiger partial charge in [0, 0.05) is 10.6 Å². The third-order valence-electron chi connectivity index (χ3n) is 3.93. The van der Waals surface area contributed by atoms with Crippen LogP contribution in [0.2, 0.25) is 15.1 Å². The Morgan fingerprint density at radius 3 is 2.69 bits per heavy atom. The fraction of sp³-hybridized carbons (Fsp3) is 0.278. The highest BCUT2D eigenvalue weighted by molar-refractivity contribution is 6.39. The number of likely N-dealkylation sites (N-methyl/N-ethyl adjacent to an activating group) is 1. The number of carbonyl (C=O) groups excluding carboxylic acids is 1. The Bertz CT molecular complexity index is 809.